The summed E-state index contributed by atoms with van der Waals surface area (Å²) in [5.74, 6) is -0.306. The Morgan fingerprint density at radius 3 is 2.95 bits per heavy atom. The number of nitro groups is 1. The molecule has 1 aromatic heterocycles. The zero-order valence-electron chi connectivity index (χ0n) is 11.2. The van der Waals surface area contributed by atoms with Gasteiger partial charge in [0.25, 0.3) is 5.69 Å². The molecule has 22 heavy (non-hydrogen) atoms. The van der Waals surface area contributed by atoms with Crippen molar-refractivity contribution in [3.63, 3.8) is 0 Å². The molecule has 0 aliphatic rings. The zero-order chi connectivity index (χ0) is 16.1. The third-order valence-corrected chi connectivity index (χ3v) is 2.47. The molecule has 2 aromatic rings. The minimum absolute atomic E-state index is 0.0522. The van der Waals surface area contributed by atoms with Gasteiger partial charge < -0.3 is 9.84 Å². The molecule has 0 atom stereocenters. The van der Waals surface area contributed by atoms with Gasteiger partial charge in [0, 0.05) is 11.6 Å². The Hall–Kier alpha value is -3.50. The average molecular weight is 306 g/mol. The number of phenols is 1. The summed E-state index contributed by atoms with van der Waals surface area (Å²) in [5.41, 5.74) is 1.52. The Balaban J connectivity index is 2.28. The van der Waals surface area contributed by atoms with Crippen LogP contribution < -0.4 is 15.9 Å². The molecule has 0 saturated carbocycles. The smallest absolute Gasteiger partial charge is 0.363 e. The van der Waals surface area contributed by atoms with Gasteiger partial charge in [-0.05, 0) is 0 Å². The molecule has 1 aromatic carbocycles. The van der Waals surface area contributed by atoms with Crippen LogP contribution in [0.25, 0.3) is 0 Å². The number of nitrogens with zero attached hydrogens (tertiary/aromatic N) is 4. The molecule has 1 heterocycles. The molecule has 3 N–H and O–H groups in total. The Labute approximate surface area is 122 Å². The van der Waals surface area contributed by atoms with Crippen LogP contribution in [0, 0.1) is 10.1 Å². The van der Waals surface area contributed by atoms with Crippen LogP contribution in [-0.4, -0.2) is 38.5 Å². The monoisotopic (exact) mass is 306 g/mol. The van der Waals surface area contributed by atoms with Crippen LogP contribution in [0.1, 0.15) is 5.56 Å². The largest absolute Gasteiger partial charge is 0.504 e. The lowest BCUT2D eigenvalue weighted by molar-refractivity contribution is -0.385. The van der Waals surface area contributed by atoms with Crippen LogP contribution in [0.5, 0.6) is 11.5 Å². The molecule has 0 fully saturated rings. The van der Waals surface area contributed by atoms with E-state index in [4.69, 9.17) is 4.74 Å². The molecule has 0 saturated heterocycles. The van der Waals surface area contributed by atoms with Crippen molar-refractivity contribution in [3.05, 3.63) is 44.5 Å². The number of aromatic amines is 1. The number of hydrazone groups is 1. The summed E-state index contributed by atoms with van der Waals surface area (Å²) in [6.45, 7) is 0. The molecule has 0 aliphatic heterocycles. The Morgan fingerprint density at radius 1 is 1.55 bits per heavy atom. The van der Waals surface area contributed by atoms with Crippen molar-refractivity contribution in [1.82, 2.24) is 15.2 Å². The minimum atomic E-state index is -0.667. The number of aromatic nitrogens is 3. The molecule has 0 radical (unpaired) electrons. The molecule has 0 bridgehead atoms. The molecular weight excluding hydrogens is 296 g/mol. The highest BCUT2D eigenvalue weighted by molar-refractivity contribution is 5.86. The van der Waals surface area contributed by atoms with Gasteiger partial charge in [-0.25, -0.2) is 9.89 Å². The molecule has 11 heteroatoms. The lowest BCUT2D eigenvalue weighted by Gasteiger charge is -2.05. The van der Waals surface area contributed by atoms with E-state index in [-0.39, 0.29) is 28.6 Å². The zero-order valence-corrected chi connectivity index (χ0v) is 11.2. The maximum Gasteiger partial charge on any atom is 0.363 e. The van der Waals surface area contributed by atoms with Gasteiger partial charge in [0.2, 0.25) is 0 Å². The van der Waals surface area contributed by atoms with E-state index in [0.717, 1.165) is 18.3 Å². The minimum Gasteiger partial charge on any atom is -0.504 e. The van der Waals surface area contributed by atoms with E-state index in [1.165, 1.54) is 13.3 Å². The molecule has 2 rings (SSSR count). The van der Waals surface area contributed by atoms with Crippen molar-refractivity contribution in [3.8, 4) is 11.5 Å². The van der Waals surface area contributed by atoms with Gasteiger partial charge >= 0.3 is 5.69 Å². The van der Waals surface area contributed by atoms with Gasteiger partial charge in [-0.15, -0.1) is 0 Å². The number of ether oxygens (including phenoxy) is 1. The summed E-state index contributed by atoms with van der Waals surface area (Å²) >= 11 is 0. The van der Waals surface area contributed by atoms with E-state index in [0.29, 0.717) is 0 Å². The highest BCUT2D eigenvalue weighted by Crippen LogP contribution is 2.33. The predicted octanol–water partition coefficient (Wildman–Crippen LogP) is 0.233. The average Bonchev–Trinajstić information content (AvgIpc) is 2.48. The van der Waals surface area contributed by atoms with Crippen LogP contribution in [0.2, 0.25) is 0 Å². The number of hydrogen-bond donors (Lipinski definition) is 3. The van der Waals surface area contributed by atoms with Crippen LogP contribution >= 0.6 is 0 Å². The van der Waals surface area contributed by atoms with Gasteiger partial charge in [-0.2, -0.15) is 15.2 Å². The van der Waals surface area contributed by atoms with Gasteiger partial charge in [0.15, 0.2) is 17.3 Å². The quantitative estimate of drug-likeness (QED) is 0.402. The number of nitrogens with one attached hydrogen (secondary N) is 2. The molecule has 0 unspecified atom stereocenters. The van der Waals surface area contributed by atoms with Crippen LogP contribution in [-0.2, 0) is 0 Å². The second kappa shape index (κ2) is 6.30. The number of benzene rings is 1. The molecule has 114 valence electrons. The molecule has 0 spiro atoms. The highest BCUT2D eigenvalue weighted by Gasteiger charge is 2.15. The van der Waals surface area contributed by atoms with E-state index < -0.39 is 10.6 Å². The summed E-state index contributed by atoms with van der Waals surface area (Å²) in [6, 6.07) is 2.20. The number of hydrogen-bond acceptors (Lipinski definition) is 9. The topological polar surface area (TPSA) is 156 Å². The predicted molar refractivity (Wildman–Crippen MR) is 75.2 cm³/mol. The van der Waals surface area contributed by atoms with Crippen molar-refractivity contribution in [2.75, 3.05) is 12.5 Å². The fourth-order valence-corrected chi connectivity index (χ4v) is 1.51. The van der Waals surface area contributed by atoms with E-state index in [1.807, 2.05) is 0 Å². The Bertz CT molecular complexity index is 787. The van der Waals surface area contributed by atoms with Gasteiger partial charge in [-0.1, -0.05) is 0 Å². The lowest BCUT2D eigenvalue weighted by atomic mass is 10.2. The number of methoxy groups -OCH3 is 1. The third kappa shape index (κ3) is 3.33. The molecule has 0 amide bonds. The van der Waals surface area contributed by atoms with E-state index in [9.17, 15) is 20.0 Å². The lowest BCUT2D eigenvalue weighted by Crippen LogP contribution is -2.13. The number of aromatic hydroxyl groups is 1. The summed E-state index contributed by atoms with van der Waals surface area (Å²) in [5, 5.41) is 30.0. The third-order valence-electron chi connectivity index (χ3n) is 2.47. The number of anilines is 1. The first kappa shape index (κ1) is 14.9. The summed E-state index contributed by atoms with van der Waals surface area (Å²) in [4.78, 5) is 24.6. The van der Waals surface area contributed by atoms with Gasteiger partial charge in [0.05, 0.1) is 30.5 Å². The standard InChI is InChI=1S/C11H10N6O5/c1-22-8-3-7(17(20)21)2-6(10(8)18)4-12-15-9-5-13-16-11(19)14-9/h2-5,18H,1H3,(H2,14,15,16,19)/b12-4+. The number of phenolic OH excluding ortho intramolecular Hbond substituents is 1. The maximum atomic E-state index is 10.9. The Morgan fingerprint density at radius 2 is 2.32 bits per heavy atom. The van der Waals surface area contributed by atoms with Crippen molar-refractivity contribution in [2.24, 2.45) is 5.10 Å². The number of nitro benzene ring substituents is 1. The van der Waals surface area contributed by atoms with Crippen molar-refractivity contribution in [1.29, 1.82) is 0 Å². The number of H-pyrrole nitrogens is 1. The van der Waals surface area contributed by atoms with Crippen molar-refractivity contribution in [2.45, 2.75) is 0 Å². The second-order valence-electron chi connectivity index (χ2n) is 3.89. The van der Waals surface area contributed by atoms with E-state index in [1.54, 1.807) is 0 Å². The van der Waals surface area contributed by atoms with E-state index >= 15 is 0 Å². The first-order valence-corrected chi connectivity index (χ1v) is 5.77. The summed E-state index contributed by atoms with van der Waals surface area (Å²) < 4.78 is 4.85. The van der Waals surface area contributed by atoms with E-state index in [2.05, 4.69) is 25.7 Å². The molecular formula is C11H10N6O5. The second-order valence-corrected chi connectivity index (χ2v) is 3.89. The SMILES string of the molecule is COc1cc([N+](=O)[O-])cc(/C=N/Nc2cn[nH]c(=O)n2)c1O. The van der Waals surface area contributed by atoms with Crippen molar-refractivity contribution >= 4 is 17.7 Å². The fourth-order valence-electron chi connectivity index (χ4n) is 1.51. The van der Waals surface area contributed by atoms with Gasteiger partial charge in [0.1, 0.15) is 0 Å². The molecule has 11 nitrogen and oxygen atoms in total. The summed E-state index contributed by atoms with van der Waals surface area (Å²) in [7, 11) is 1.27. The summed E-state index contributed by atoms with van der Waals surface area (Å²) in [6.07, 6.45) is 2.33. The van der Waals surface area contributed by atoms with Crippen LogP contribution in [0.4, 0.5) is 11.5 Å². The maximum absolute atomic E-state index is 10.9. The fraction of sp³-hybridized carbons (Fsp3) is 0.0909. The first-order chi connectivity index (χ1) is 10.5. The normalized spacial score (nSPS) is 10.6. The first-order valence-electron chi connectivity index (χ1n) is 5.77. The number of rotatable bonds is 5. The van der Waals surface area contributed by atoms with Crippen LogP contribution in [0.15, 0.2) is 28.2 Å². The van der Waals surface area contributed by atoms with Gasteiger partial charge in [-0.3, -0.25) is 15.5 Å². The van der Waals surface area contributed by atoms with Crippen molar-refractivity contribution < 1.29 is 14.8 Å². The molecule has 0 aliphatic carbocycles. The number of non-ortho nitro benzene ring substituents is 1. The highest BCUT2D eigenvalue weighted by atomic mass is 16.6. The Kier molecular flexibility index (Phi) is 4.27. The van der Waals surface area contributed by atoms with Crippen LogP contribution in [0.3, 0.4) is 0 Å².